The number of aliphatic hydroxyl groups excluding tert-OH is 1. The normalized spacial score (nSPS) is 11.9. The van der Waals surface area contributed by atoms with Crippen LogP contribution in [0.25, 0.3) is 0 Å². The Morgan fingerprint density at radius 3 is 2.32 bits per heavy atom. The Labute approximate surface area is 112 Å². The molecular weight excluding hydrogens is 238 g/mol. The fraction of sp³-hybridized carbons (Fsp3) is 0.188. The lowest BCUT2D eigenvalue weighted by Crippen LogP contribution is -2.14. The number of benzene rings is 2. The van der Waals surface area contributed by atoms with Crippen LogP contribution in [-0.2, 0) is 11.2 Å². The van der Waals surface area contributed by atoms with Crippen molar-refractivity contribution in [3.05, 3.63) is 65.7 Å². The molecule has 3 nitrogen and oxygen atoms in total. The summed E-state index contributed by atoms with van der Waals surface area (Å²) in [6.45, 7) is 1.71. The van der Waals surface area contributed by atoms with Crippen molar-refractivity contribution in [2.75, 3.05) is 5.32 Å². The summed E-state index contributed by atoms with van der Waals surface area (Å²) in [6, 6.07) is 16.8. The Kier molecular flexibility index (Phi) is 4.31. The zero-order valence-corrected chi connectivity index (χ0v) is 10.8. The van der Waals surface area contributed by atoms with Gasteiger partial charge in [-0.05, 0) is 30.2 Å². The lowest BCUT2D eigenvalue weighted by Gasteiger charge is -2.08. The lowest BCUT2D eigenvalue weighted by atomic mass is 10.1. The number of anilines is 1. The molecule has 2 rings (SSSR count). The van der Waals surface area contributed by atoms with Gasteiger partial charge in [-0.1, -0.05) is 42.5 Å². The van der Waals surface area contributed by atoms with Crippen molar-refractivity contribution >= 4 is 11.6 Å². The maximum Gasteiger partial charge on any atom is 0.228 e. The van der Waals surface area contributed by atoms with Gasteiger partial charge in [0.25, 0.3) is 0 Å². The first-order valence-corrected chi connectivity index (χ1v) is 6.27. The second-order valence-electron chi connectivity index (χ2n) is 4.51. The van der Waals surface area contributed by atoms with Gasteiger partial charge in [0, 0.05) is 5.69 Å². The van der Waals surface area contributed by atoms with Crippen molar-refractivity contribution in [3.63, 3.8) is 0 Å². The van der Waals surface area contributed by atoms with Gasteiger partial charge in [0.1, 0.15) is 0 Å². The van der Waals surface area contributed by atoms with E-state index < -0.39 is 6.10 Å². The van der Waals surface area contributed by atoms with Gasteiger partial charge in [-0.15, -0.1) is 0 Å². The third kappa shape index (κ3) is 3.93. The number of aliphatic hydroxyl groups is 1. The average Bonchev–Trinajstić information content (AvgIpc) is 2.40. The zero-order chi connectivity index (χ0) is 13.7. The topological polar surface area (TPSA) is 49.3 Å². The molecule has 0 aliphatic carbocycles. The summed E-state index contributed by atoms with van der Waals surface area (Å²) in [5.74, 6) is -0.0454. The molecule has 3 heteroatoms. The summed E-state index contributed by atoms with van der Waals surface area (Å²) in [4.78, 5) is 11.8. The van der Waals surface area contributed by atoms with Crippen LogP contribution in [0.4, 0.5) is 5.69 Å². The maximum absolute atomic E-state index is 11.8. The fourth-order valence-electron chi connectivity index (χ4n) is 1.83. The van der Waals surface area contributed by atoms with Gasteiger partial charge in [0.15, 0.2) is 0 Å². The van der Waals surface area contributed by atoms with Crippen molar-refractivity contribution in [2.24, 2.45) is 0 Å². The van der Waals surface area contributed by atoms with E-state index in [2.05, 4.69) is 5.32 Å². The summed E-state index contributed by atoms with van der Waals surface area (Å²) < 4.78 is 0. The minimum atomic E-state index is -0.492. The van der Waals surface area contributed by atoms with Gasteiger partial charge in [0.05, 0.1) is 12.5 Å². The van der Waals surface area contributed by atoms with Crippen molar-refractivity contribution in [1.29, 1.82) is 0 Å². The third-order valence-corrected chi connectivity index (χ3v) is 2.88. The Balaban J connectivity index is 1.95. The lowest BCUT2D eigenvalue weighted by molar-refractivity contribution is -0.115. The molecule has 98 valence electrons. The van der Waals surface area contributed by atoms with Gasteiger partial charge in [-0.2, -0.15) is 0 Å². The second kappa shape index (κ2) is 6.16. The van der Waals surface area contributed by atoms with E-state index in [1.807, 2.05) is 42.5 Å². The summed E-state index contributed by atoms with van der Waals surface area (Å²) in [6.07, 6.45) is -0.131. The number of nitrogens with one attached hydrogen (secondary N) is 1. The van der Waals surface area contributed by atoms with Crippen LogP contribution in [-0.4, -0.2) is 11.0 Å². The quantitative estimate of drug-likeness (QED) is 0.882. The number of rotatable bonds is 4. The highest BCUT2D eigenvalue weighted by atomic mass is 16.3. The molecule has 0 heterocycles. The maximum atomic E-state index is 11.8. The van der Waals surface area contributed by atoms with Crippen LogP contribution in [0.2, 0.25) is 0 Å². The fourth-order valence-corrected chi connectivity index (χ4v) is 1.83. The highest BCUT2D eigenvalue weighted by Crippen LogP contribution is 2.15. The third-order valence-electron chi connectivity index (χ3n) is 2.88. The Hall–Kier alpha value is -2.13. The molecule has 2 N–H and O–H groups in total. The molecule has 19 heavy (non-hydrogen) atoms. The van der Waals surface area contributed by atoms with E-state index in [0.717, 1.165) is 16.8 Å². The summed E-state index contributed by atoms with van der Waals surface area (Å²) in [7, 11) is 0. The molecule has 0 saturated heterocycles. The van der Waals surface area contributed by atoms with Crippen molar-refractivity contribution < 1.29 is 9.90 Å². The predicted molar refractivity (Wildman–Crippen MR) is 75.9 cm³/mol. The molecule has 1 amide bonds. The van der Waals surface area contributed by atoms with E-state index in [9.17, 15) is 9.90 Å². The van der Waals surface area contributed by atoms with E-state index in [4.69, 9.17) is 0 Å². The molecule has 2 aromatic carbocycles. The van der Waals surface area contributed by atoms with Gasteiger partial charge >= 0.3 is 0 Å². The highest BCUT2D eigenvalue weighted by Gasteiger charge is 2.05. The molecule has 2 aromatic rings. The standard InChI is InChI=1S/C16H17NO2/c1-12(18)14-7-9-15(10-8-14)17-16(19)11-13-5-3-2-4-6-13/h2-10,12,18H,11H2,1H3,(H,17,19)/t12-/m1/s1. The van der Waals surface area contributed by atoms with Gasteiger partial charge in [-0.3, -0.25) is 4.79 Å². The van der Waals surface area contributed by atoms with Crippen molar-refractivity contribution in [3.8, 4) is 0 Å². The Morgan fingerprint density at radius 1 is 1.11 bits per heavy atom. The molecule has 0 bridgehead atoms. The van der Waals surface area contributed by atoms with Crippen LogP contribution in [0, 0.1) is 0 Å². The first kappa shape index (κ1) is 13.3. The first-order valence-electron chi connectivity index (χ1n) is 6.27. The van der Waals surface area contributed by atoms with Gasteiger partial charge in [0.2, 0.25) is 5.91 Å². The highest BCUT2D eigenvalue weighted by molar-refractivity contribution is 5.92. The minimum absolute atomic E-state index is 0.0454. The van der Waals surface area contributed by atoms with Crippen LogP contribution in [0.1, 0.15) is 24.2 Å². The molecule has 0 radical (unpaired) electrons. The van der Waals surface area contributed by atoms with E-state index in [-0.39, 0.29) is 5.91 Å². The molecule has 0 aromatic heterocycles. The van der Waals surface area contributed by atoms with Gasteiger partial charge < -0.3 is 10.4 Å². The molecule has 0 spiro atoms. The minimum Gasteiger partial charge on any atom is -0.389 e. The molecule has 0 aliphatic rings. The number of carbonyl (C=O) groups is 1. The summed E-state index contributed by atoms with van der Waals surface area (Å²) in [5.41, 5.74) is 2.56. The smallest absolute Gasteiger partial charge is 0.228 e. The van der Waals surface area contributed by atoms with E-state index in [0.29, 0.717) is 6.42 Å². The monoisotopic (exact) mass is 255 g/mol. The summed E-state index contributed by atoms with van der Waals surface area (Å²) in [5, 5.41) is 12.2. The van der Waals surface area contributed by atoms with Crippen LogP contribution < -0.4 is 5.32 Å². The number of carbonyl (C=O) groups excluding carboxylic acids is 1. The largest absolute Gasteiger partial charge is 0.389 e. The van der Waals surface area contributed by atoms with Crippen LogP contribution in [0.15, 0.2) is 54.6 Å². The van der Waals surface area contributed by atoms with Crippen LogP contribution in [0.5, 0.6) is 0 Å². The first-order chi connectivity index (χ1) is 9.15. The number of amides is 1. The van der Waals surface area contributed by atoms with Crippen molar-refractivity contribution in [2.45, 2.75) is 19.4 Å². The molecule has 0 saturated carbocycles. The van der Waals surface area contributed by atoms with Crippen LogP contribution in [0.3, 0.4) is 0 Å². The average molecular weight is 255 g/mol. The van der Waals surface area contributed by atoms with E-state index in [1.165, 1.54) is 0 Å². The Morgan fingerprint density at radius 2 is 1.74 bits per heavy atom. The SMILES string of the molecule is C[C@@H](O)c1ccc(NC(=O)Cc2ccccc2)cc1. The molecule has 0 unspecified atom stereocenters. The summed E-state index contributed by atoms with van der Waals surface area (Å²) >= 11 is 0. The van der Waals surface area contributed by atoms with Crippen LogP contribution >= 0.6 is 0 Å². The van der Waals surface area contributed by atoms with E-state index >= 15 is 0 Å². The Bertz CT molecular complexity index is 532. The van der Waals surface area contributed by atoms with E-state index in [1.54, 1.807) is 19.1 Å². The second-order valence-corrected chi connectivity index (χ2v) is 4.51. The number of hydrogen-bond acceptors (Lipinski definition) is 2. The zero-order valence-electron chi connectivity index (χ0n) is 10.8. The van der Waals surface area contributed by atoms with Gasteiger partial charge in [-0.25, -0.2) is 0 Å². The number of hydrogen-bond donors (Lipinski definition) is 2. The molecular formula is C16H17NO2. The molecule has 1 atom stereocenters. The molecule has 0 aliphatic heterocycles. The predicted octanol–water partition coefficient (Wildman–Crippen LogP) is 2.92. The molecule has 0 fully saturated rings. The van der Waals surface area contributed by atoms with Crippen molar-refractivity contribution in [1.82, 2.24) is 0 Å².